The molecule has 1 rings (SSSR count). The van der Waals surface area contributed by atoms with Crippen LogP contribution in [0, 0.1) is 18.2 Å². The number of hydrogen-bond donors (Lipinski definition) is 0. The largest absolute Gasteiger partial charge is 0.279 e. The Morgan fingerprint density at radius 2 is 2.25 bits per heavy atom. The topological polar surface area (TPSA) is 17.1 Å². The summed E-state index contributed by atoms with van der Waals surface area (Å²) < 4.78 is 13.1. The number of carbonyl (C=O) groups excluding carboxylic acids is 1. The zero-order chi connectivity index (χ0) is 9.14. The Morgan fingerprint density at radius 3 is 2.75 bits per heavy atom. The maximum atomic E-state index is 12.8. The van der Waals surface area contributed by atoms with Crippen molar-refractivity contribution in [2.75, 3.05) is 0 Å². The molecule has 0 N–H and O–H groups in total. The molecule has 3 heteroatoms. The van der Waals surface area contributed by atoms with Crippen molar-refractivity contribution in [3.8, 4) is 12.3 Å². The van der Waals surface area contributed by atoms with Gasteiger partial charge in [0.05, 0.1) is 4.47 Å². The Labute approximate surface area is 77.7 Å². The minimum Gasteiger partial charge on any atom is -0.279 e. The molecule has 0 atom stereocenters. The highest BCUT2D eigenvalue weighted by Gasteiger charge is 2.05. The molecule has 0 saturated carbocycles. The van der Waals surface area contributed by atoms with Gasteiger partial charge in [0.25, 0.3) is 0 Å². The molecule has 1 aromatic rings. The summed E-state index contributed by atoms with van der Waals surface area (Å²) in [5, 5.41) is 0. The fraction of sp³-hybridized carbons (Fsp3) is 0. The molecule has 0 fully saturated rings. The molecule has 0 aliphatic carbocycles. The Balaban J connectivity index is 3.15. The van der Waals surface area contributed by atoms with Crippen molar-refractivity contribution in [2.24, 2.45) is 0 Å². The Morgan fingerprint density at radius 1 is 1.58 bits per heavy atom. The first-order valence-corrected chi connectivity index (χ1v) is 3.90. The van der Waals surface area contributed by atoms with Crippen LogP contribution in [0.5, 0.6) is 0 Å². The van der Waals surface area contributed by atoms with Crippen LogP contribution in [0.2, 0.25) is 0 Å². The van der Waals surface area contributed by atoms with Crippen LogP contribution in [-0.4, -0.2) is 5.78 Å². The number of rotatable bonds is 1. The molecule has 0 spiro atoms. The quantitative estimate of drug-likeness (QED) is 0.409. The number of carbonyl (C=O) groups is 1. The Hall–Kier alpha value is -1.14. The molecular weight excluding hydrogens is 223 g/mol. The van der Waals surface area contributed by atoms with E-state index in [9.17, 15) is 9.18 Å². The van der Waals surface area contributed by atoms with E-state index in [-0.39, 0.29) is 5.56 Å². The second-order valence-electron chi connectivity index (χ2n) is 2.10. The van der Waals surface area contributed by atoms with Gasteiger partial charge in [-0.15, -0.1) is 6.42 Å². The van der Waals surface area contributed by atoms with Gasteiger partial charge < -0.3 is 0 Å². The fourth-order valence-corrected chi connectivity index (χ4v) is 0.967. The van der Waals surface area contributed by atoms with Crippen LogP contribution in [0.4, 0.5) is 4.39 Å². The van der Waals surface area contributed by atoms with Crippen molar-refractivity contribution in [3.63, 3.8) is 0 Å². The van der Waals surface area contributed by atoms with Crippen LogP contribution in [0.25, 0.3) is 0 Å². The van der Waals surface area contributed by atoms with E-state index in [2.05, 4.69) is 15.9 Å². The van der Waals surface area contributed by atoms with Crippen molar-refractivity contribution < 1.29 is 9.18 Å². The summed E-state index contributed by atoms with van der Waals surface area (Å²) in [6.45, 7) is 0. The van der Waals surface area contributed by atoms with E-state index in [0.29, 0.717) is 4.47 Å². The van der Waals surface area contributed by atoms with Crippen molar-refractivity contribution in [2.45, 2.75) is 0 Å². The Bertz CT molecular complexity index is 365. The molecule has 0 aromatic heterocycles. The van der Waals surface area contributed by atoms with E-state index in [0.717, 1.165) is 6.07 Å². The van der Waals surface area contributed by atoms with Crippen molar-refractivity contribution in [3.05, 3.63) is 34.1 Å². The highest BCUT2D eigenvalue weighted by molar-refractivity contribution is 9.10. The third kappa shape index (κ3) is 1.72. The van der Waals surface area contributed by atoms with E-state index >= 15 is 0 Å². The summed E-state index contributed by atoms with van der Waals surface area (Å²) in [5.74, 6) is 0.905. The average Bonchev–Trinajstić information content (AvgIpc) is 2.08. The van der Waals surface area contributed by atoms with Gasteiger partial charge in [0, 0.05) is 5.56 Å². The minimum absolute atomic E-state index is 0.193. The van der Waals surface area contributed by atoms with Gasteiger partial charge in [0.1, 0.15) is 5.82 Å². The van der Waals surface area contributed by atoms with Crippen molar-refractivity contribution in [1.29, 1.82) is 0 Å². The predicted octanol–water partition coefficient (Wildman–Crippen LogP) is 2.40. The van der Waals surface area contributed by atoms with Crippen LogP contribution in [0.15, 0.2) is 22.7 Å². The lowest BCUT2D eigenvalue weighted by molar-refractivity contribution is 0.105. The summed E-state index contributed by atoms with van der Waals surface area (Å²) in [6.07, 6.45) is 4.86. The highest BCUT2D eigenvalue weighted by atomic mass is 79.9. The molecule has 12 heavy (non-hydrogen) atoms. The molecule has 60 valence electrons. The zero-order valence-electron chi connectivity index (χ0n) is 5.97. The molecule has 0 radical (unpaired) electrons. The van der Waals surface area contributed by atoms with E-state index in [1.165, 1.54) is 12.1 Å². The molecule has 0 saturated heterocycles. The van der Waals surface area contributed by atoms with Gasteiger partial charge in [0.2, 0.25) is 5.78 Å². The van der Waals surface area contributed by atoms with Crippen LogP contribution in [0.3, 0.4) is 0 Å². The third-order valence-corrected chi connectivity index (χ3v) is 1.96. The lowest BCUT2D eigenvalue weighted by Gasteiger charge is -1.95. The molecule has 1 nitrogen and oxygen atoms in total. The first kappa shape index (κ1) is 8.95. The number of Topliss-reactive ketones (excluding diaryl/α,β-unsaturated/α-hetero) is 1. The molecule has 0 aliphatic rings. The number of halogens is 2. The van der Waals surface area contributed by atoms with Crippen LogP contribution in [0.1, 0.15) is 10.4 Å². The predicted molar refractivity (Wildman–Crippen MR) is 47.3 cm³/mol. The highest BCUT2D eigenvalue weighted by Crippen LogP contribution is 2.16. The van der Waals surface area contributed by atoms with E-state index in [1.54, 1.807) is 0 Å². The lowest BCUT2D eigenvalue weighted by atomic mass is 10.1. The van der Waals surface area contributed by atoms with Gasteiger partial charge in [0.15, 0.2) is 0 Å². The van der Waals surface area contributed by atoms with Gasteiger partial charge >= 0.3 is 0 Å². The second kappa shape index (κ2) is 3.51. The number of benzene rings is 1. The number of hydrogen-bond acceptors (Lipinski definition) is 1. The van der Waals surface area contributed by atoms with E-state index in [1.807, 2.05) is 5.92 Å². The summed E-state index contributed by atoms with van der Waals surface area (Å²) in [4.78, 5) is 10.9. The summed E-state index contributed by atoms with van der Waals surface area (Å²) in [7, 11) is 0. The Kier molecular flexibility index (Phi) is 2.61. The first-order chi connectivity index (χ1) is 5.65. The molecule has 0 amide bonds. The minimum atomic E-state index is -0.513. The van der Waals surface area contributed by atoms with Gasteiger partial charge in [-0.1, -0.05) is 0 Å². The summed E-state index contributed by atoms with van der Waals surface area (Å²) in [6, 6.07) is 4.02. The molecule has 0 bridgehead atoms. The van der Waals surface area contributed by atoms with E-state index < -0.39 is 11.6 Å². The number of ketones is 1. The van der Waals surface area contributed by atoms with Gasteiger partial charge in [-0.3, -0.25) is 4.79 Å². The van der Waals surface area contributed by atoms with Gasteiger partial charge in [-0.25, -0.2) is 4.39 Å². The smallest absolute Gasteiger partial charge is 0.235 e. The van der Waals surface area contributed by atoms with Gasteiger partial charge in [-0.2, -0.15) is 0 Å². The van der Waals surface area contributed by atoms with Crippen LogP contribution >= 0.6 is 15.9 Å². The fourth-order valence-electron chi connectivity index (χ4n) is 0.721. The SMILES string of the molecule is C#CC(=O)c1ccc(Br)c(F)c1. The summed E-state index contributed by atoms with van der Waals surface area (Å²) >= 11 is 2.96. The van der Waals surface area contributed by atoms with Crippen LogP contribution < -0.4 is 0 Å². The van der Waals surface area contributed by atoms with Crippen molar-refractivity contribution >= 4 is 21.7 Å². The monoisotopic (exact) mass is 226 g/mol. The molecule has 0 unspecified atom stereocenters. The summed E-state index contributed by atoms with van der Waals surface area (Å²) in [5.41, 5.74) is 0.193. The lowest BCUT2D eigenvalue weighted by Crippen LogP contribution is -1.95. The standard InChI is InChI=1S/C9H4BrFO/c1-2-9(12)6-3-4-7(10)8(11)5-6/h1,3-5H. The zero-order valence-corrected chi connectivity index (χ0v) is 7.56. The van der Waals surface area contributed by atoms with Gasteiger partial charge in [-0.05, 0) is 40.0 Å². The molecule has 1 aromatic carbocycles. The number of terminal acetylenes is 1. The first-order valence-electron chi connectivity index (χ1n) is 3.11. The second-order valence-corrected chi connectivity index (χ2v) is 2.96. The molecule has 0 aliphatic heterocycles. The van der Waals surface area contributed by atoms with Crippen molar-refractivity contribution in [1.82, 2.24) is 0 Å². The maximum absolute atomic E-state index is 12.8. The van der Waals surface area contributed by atoms with E-state index in [4.69, 9.17) is 6.42 Å². The molecular formula is C9H4BrFO. The third-order valence-electron chi connectivity index (χ3n) is 1.31. The maximum Gasteiger partial charge on any atom is 0.235 e. The molecule has 0 heterocycles. The van der Waals surface area contributed by atoms with Crippen LogP contribution in [-0.2, 0) is 0 Å². The average molecular weight is 227 g/mol. The normalized spacial score (nSPS) is 9.08.